The molecule has 0 aliphatic carbocycles. The summed E-state index contributed by atoms with van der Waals surface area (Å²) in [6.45, 7) is 0. The Kier molecular flexibility index (Phi) is 4.93. The van der Waals surface area contributed by atoms with Crippen LogP contribution in [0, 0.1) is 20.2 Å². The number of non-ortho nitro benzene ring substituents is 2. The fourth-order valence-corrected chi connectivity index (χ4v) is 2.25. The van der Waals surface area contributed by atoms with E-state index < -0.39 is 27.1 Å². The Morgan fingerprint density at radius 2 is 1.75 bits per heavy atom. The van der Waals surface area contributed by atoms with Crippen molar-refractivity contribution in [3.8, 4) is 17.2 Å². The lowest BCUT2D eigenvalue weighted by Crippen LogP contribution is -2.13. The van der Waals surface area contributed by atoms with Gasteiger partial charge in [0.25, 0.3) is 17.3 Å². The molecular formula is C16H11N5O7. The predicted molar refractivity (Wildman–Crippen MR) is 94.0 cm³/mol. The molecule has 28 heavy (non-hydrogen) atoms. The molecule has 0 fully saturated rings. The van der Waals surface area contributed by atoms with E-state index in [-0.39, 0.29) is 17.5 Å². The second-order valence-electron chi connectivity index (χ2n) is 5.35. The van der Waals surface area contributed by atoms with Gasteiger partial charge in [0.15, 0.2) is 0 Å². The Morgan fingerprint density at radius 1 is 1.07 bits per heavy atom. The van der Waals surface area contributed by atoms with Crippen LogP contribution in [0.1, 0.15) is 10.4 Å². The number of carbonyl (C=O) groups is 1. The summed E-state index contributed by atoms with van der Waals surface area (Å²) < 4.78 is 10.4. The smallest absolute Gasteiger partial charge is 0.322 e. The molecule has 2 aromatic carbocycles. The average molecular weight is 385 g/mol. The van der Waals surface area contributed by atoms with Crippen molar-refractivity contribution in [2.24, 2.45) is 0 Å². The van der Waals surface area contributed by atoms with Crippen LogP contribution in [0.5, 0.6) is 5.75 Å². The molecule has 0 saturated heterocycles. The first-order valence-corrected chi connectivity index (χ1v) is 7.60. The number of benzene rings is 2. The standard InChI is InChI=1S/C16H11N5O7/c1-27-13-4-2-3-9(7-13)15-18-19-16(28-15)17-14(22)10-5-11(20(23)24)8-12(6-10)21(25)26/h2-8H,1H3,(H,17,19,22). The van der Waals surface area contributed by atoms with Crippen LogP contribution in [0.4, 0.5) is 17.4 Å². The van der Waals surface area contributed by atoms with Gasteiger partial charge < -0.3 is 9.15 Å². The minimum absolute atomic E-state index is 0.0965. The van der Waals surface area contributed by atoms with Gasteiger partial charge in [0.2, 0.25) is 5.89 Å². The number of aromatic nitrogens is 2. The van der Waals surface area contributed by atoms with Crippen LogP contribution in [0.3, 0.4) is 0 Å². The number of methoxy groups -OCH3 is 1. The van der Waals surface area contributed by atoms with Gasteiger partial charge in [0.05, 0.1) is 28.6 Å². The zero-order chi connectivity index (χ0) is 20.3. The molecule has 0 aliphatic heterocycles. The Labute approximate surface area is 156 Å². The van der Waals surface area contributed by atoms with Crippen LogP contribution >= 0.6 is 0 Å². The molecule has 0 unspecified atom stereocenters. The lowest BCUT2D eigenvalue weighted by Gasteiger charge is -2.02. The van der Waals surface area contributed by atoms with E-state index in [9.17, 15) is 25.0 Å². The zero-order valence-corrected chi connectivity index (χ0v) is 14.2. The Morgan fingerprint density at radius 3 is 2.36 bits per heavy atom. The van der Waals surface area contributed by atoms with E-state index in [1.807, 2.05) is 0 Å². The number of rotatable bonds is 6. The van der Waals surface area contributed by atoms with Crippen LogP contribution in [-0.4, -0.2) is 33.1 Å². The molecule has 3 rings (SSSR count). The zero-order valence-electron chi connectivity index (χ0n) is 14.2. The molecular weight excluding hydrogens is 374 g/mol. The van der Waals surface area contributed by atoms with Crippen LogP contribution < -0.4 is 10.1 Å². The highest BCUT2D eigenvalue weighted by Crippen LogP contribution is 2.25. The number of nitro groups is 2. The van der Waals surface area contributed by atoms with Gasteiger partial charge >= 0.3 is 6.01 Å². The lowest BCUT2D eigenvalue weighted by molar-refractivity contribution is -0.394. The molecule has 0 spiro atoms. The molecule has 12 heteroatoms. The summed E-state index contributed by atoms with van der Waals surface area (Å²) in [5.41, 5.74) is -0.954. The summed E-state index contributed by atoms with van der Waals surface area (Å²) in [6.07, 6.45) is 0. The quantitative estimate of drug-likeness (QED) is 0.496. The van der Waals surface area contributed by atoms with E-state index >= 15 is 0 Å². The maximum Gasteiger partial charge on any atom is 0.322 e. The second-order valence-corrected chi connectivity index (χ2v) is 5.35. The van der Waals surface area contributed by atoms with E-state index in [1.165, 1.54) is 7.11 Å². The van der Waals surface area contributed by atoms with Crippen molar-refractivity contribution >= 4 is 23.3 Å². The molecule has 0 bridgehead atoms. The Balaban J connectivity index is 1.85. The number of hydrogen-bond acceptors (Lipinski definition) is 9. The van der Waals surface area contributed by atoms with Gasteiger partial charge in [0, 0.05) is 17.7 Å². The van der Waals surface area contributed by atoms with Crippen molar-refractivity contribution < 1.29 is 23.8 Å². The van der Waals surface area contributed by atoms with Crippen LogP contribution in [-0.2, 0) is 0 Å². The van der Waals surface area contributed by atoms with E-state index in [0.717, 1.165) is 18.2 Å². The van der Waals surface area contributed by atoms with E-state index in [4.69, 9.17) is 9.15 Å². The molecule has 1 N–H and O–H groups in total. The lowest BCUT2D eigenvalue weighted by atomic mass is 10.1. The largest absolute Gasteiger partial charge is 0.497 e. The van der Waals surface area contributed by atoms with Gasteiger partial charge in [0.1, 0.15) is 5.75 Å². The SMILES string of the molecule is COc1cccc(-c2nnc(NC(=O)c3cc([N+](=O)[O-])cc([N+](=O)[O-])c3)o2)c1. The summed E-state index contributed by atoms with van der Waals surface area (Å²) in [5.74, 6) is -0.225. The van der Waals surface area contributed by atoms with Gasteiger partial charge in [-0.3, -0.25) is 30.3 Å². The summed E-state index contributed by atoms with van der Waals surface area (Å²) >= 11 is 0. The van der Waals surface area contributed by atoms with Gasteiger partial charge in [-0.2, -0.15) is 0 Å². The van der Waals surface area contributed by atoms with E-state index in [1.54, 1.807) is 24.3 Å². The van der Waals surface area contributed by atoms with Crippen LogP contribution in [0.15, 0.2) is 46.9 Å². The number of amides is 1. The summed E-state index contributed by atoms with van der Waals surface area (Å²) in [7, 11) is 1.50. The minimum atomic E-state index is -0.882. The van der Waals surface area contributed by atoms with E-state index in [0.29, 0.717) is 11.3 Å². The first-order chi connectivity index (χ1) is 13.4. The van der Waals surface area contributed by atoms with Crippen molar-refractivity contribution in [2.75, 3.05) is 12.4 Å². The Bertz CT molecular complexity index is 1050. The number of hydrogen-bond donors (Lipinski definition) is 1. The maximum absolute atomic E-state index is 12.3. The number of nitro benzene ring substituents is 2. The number of nitrogens with zero attached hydrogens (tertiary/aromatic N) is 4. The van der Waals surface area contributed by atoms with Crippen LogP contribution in [0.2, 0.25) is 0 Å². The van der Waals surface area contributed by atoms with Gasteiger partial charge in [-0.25, -0.2) is 0 Å². The van der Waals surface area contributed by atoms with Crippen molar-refractivity contribution in [1.29, 1.82) is 0 Å². The molecule has 12 nitrogen and oxygen atoms in total. The fourth-order valence-electron chi connectivity index (χ4n) is 2.25. The highest BCUT2D eigenvalue weighted by molar-refractivity contribution is 6.04. The molecule has 1 amide bonds. The third-order valence-electron chi connectivity index (χ3n) is 3.55. The minimum Gasteiger partial charge on any atom is -0.497 e. The first kappa shape index (κ1) is 18.4. The molecule has 0 saturated carbocycles. The Hall–Kier alpha value is -4.35. The molecule has 1 heterocycles. The third-order valence-corrected chi connectivity index (χ3v) is 3.55. The second kappa shape index (κ2) is 7.49. The van der Waals surface area contributed by atoms with Gasteiger partial charge in [-0.05, 0) is 18.2 Å². The highest BCUT2D eigenvalue weighted by Gasteiger charge is 2.21. The number of ether oxygens (including phenoxy) is 1. The molecule has 1 aromatic heterocycles. The molecule has 0 radical (unpaired) electrons. The fraction of sp³-hybridized carbons (Fsp3) is 0.0625. The number of nitrogens with one attached hydrogen (secondary N) is 1. The average Bonchev–Trinajstić information content (AvgIpc) is 3.16. The van der Waals surface area contributed by atoms with Crippen LogP contribution in [0.25, 0.3) is 11.5 Å². The predicted octanol–water partition coefficient (Wildman–Crippen LogP) is 2.81. The van der Waals surface area contributed by atoms with Gasteiger partial charge in [-0.15, -0.1) is 5.10 Å². The molecule has 142 valence electrons. The topological polar surface area (TPSA) is 164 Å². The normalized spacial score (nSPS) is 10.3. The molecule has 0 aliphatic rings. The summed E-state index contributed by atoms with van der Waals surface area (Å²) in [5, 5.41) is 31.6. The van der Waals surface area contributed by atoms with Crippen molar-refractivity contribution in [2.45, 2.75) is 0 Å². The van der Waals surface area contributed by atoms with Gasteiger partial charge in [-0.1, -0.05) is 11.2 Å². The summed E-state index contributed by atoms with van der Waals surface area (Å²) in [6, 6.07) is 9.04. The van der Waals surface area contributed by atoms with Crippen molar-refractivity contribution in [1.82, 2.24) is 10.2 Å². The number of carbonyl (C=O) groups excluding carboxylic acids is 1. The van der Waals surface area contributed by atoms with E-state index in [2.05, 4.69) is 15.5 Å². The third kappa shape index (κ3) is 3.90. The van der Waals surface area contributed by atoms with Crippen molar-refractivity contribution in [3.63, 3.8) is 0 Å². The maximum atomic E-state index is 12.3. The summed E-state index contributed by atoms with van der Waals surface area (Å²) in [4.78, 5) is 32.5. The van der Waals surface area contributed by atoms with Crippen molar-refractivity contribution in [3.05, 3.63) is 68.3 Å². The highest BCUT2D eigenvalue weighted by atomic mass is 16.6. The molecule has 3 aromatic rings. The number of anilines is 1. The first-order valence-electron chi connectivity index (χ1n) is 7.60. The molecule has 0 atom stereocenters. The monoisotopic (exact) mass is 385 g/mol.